The van der Waals surface area contributed by atoms with Crippen molar-refractivity contribution in [3.63, 3.8) is 0 Å². The van der Waals surface area contributed by atoms with E-state index in [1.807, 2.05) is 13.8 Å². The minimum absolute atomic E-state index is 0.138. The molecule has 2 atom stereocenters. The van der Waals surface area contributed by atoms with Crippen LogP contribution in [0, 0.1) is 5.92 Å². The van der Waals surface area contributed by atoms with Crippen LogP contribution >= 0.6 is 0 Å². The lowest BCUT2D eigenvalue weighted by Gasteiger charge is -2.24. The molecule has 0 bridgehead atoms. The third-order valence-corrected chi connectivity index (χ3v) is 3.65. The van der Waals surface area contributed by atoms with Crippen LogP contribution in [0.15, 0.2) is 0 Å². The summed E-state index contributed by atoms with van der Waals surface area (Å²) in [5.41, 5.74) is 5.69. The van der Waals surface area contributed by atoms with Crippen molar-refractivity contribution in [3.8, 4) is 0 Å². The maximum absolute atomic E-state index is 12.1. The molecule has 1 aliphatic rings. The number of ether oxygens (including phenoxy) is 1. The normalized spacial score (nSPS) is 20.9. The zero-order valence-corrected chi connectivity index (χ0v) is 12.7. The highest BCUT2D eigenvalue weighted by Crippen LogP contribution is 2.15. The van der Waals surface area contributed by atoms with Gasteiger partial charge in [-0.2, -0.15) is 0 Å². The zero-order valence-electron chi connectivity index (χ0n) is 12.7. The molecule has 0 spiro atoms. The number of esters is 1. The average Bonchev–Trinajstić information content (AvgIpc) is 2.83. The van der Waals surface area contributed by atoms with E-state index < -0.39 is 6.04 Å². The molecule has 2 unspecified atom stereocenters. The number of hydrogen-bond acceptors (Lipinski definition) is 5. The third-order valence-electron chi connectivity index (χ3n) is 3.65. The first-order chi connectivity index (χ1) is 9.47. The summed E-state index contributed by atoms with van der Waals surface area (Å²) >= 11 is 0. The first kappa shape index (κ1) is 16.9. The molecular weight excluding hydrogens is 258 g/mol. The first-order valence-corrected chi connectivity index (χ1v) is 7.29. The minimum Gasteiger partial charge on any atom is -0.467 e. The summed E-state index contributed by atoms with van der Waals surface area (Å²) in [6.07, 6.45) is 2.69. The summed E-state index contributed by atoms with van der Waals surface area (Å²) in [6, 6.07) is -0.283. The molecule has 1 fully saturated rings. The number of nitrogens with one attached hydrogen (secondary N) is 1. The highest BCUT2D eigenvalue weighted by atomic mass is 16.5. The Labute approximate surface area is 121 Å². The Bertz CT molecular complexity index is 334. The molecular formula is C14H27N3O3. The van der Waals surface area contributed by atoms with E-state index in [9.17, 15) is 9.59 Å². The van der Waals surface area contributed by atoms with Crippen LogP contribution in [0.25, 0.3) is 0 Å². The molecule has 6 nitrogen and oxygen atoms in total. The predicted molar refractivity (Wildman–Crippen MR) is 77.1 cm³/mol. The lowest BCUT2D eigenvalue weighted by Crippen LogP contribution is -2.48. The van der Waals surface area contributed by atoms with Crippen LogP contribution < -0.4 is 11.1 Å². The summed E-state index contributed by atoms with van der Waals surface area (Å²) in [5, 5.41) is 2.77. The fraction of sp³-hybridized carbons (Fsp3) is 0.857. The van der Waals surface area contributed by atoms with Crippen molar-refractivity contribution in [1.82, 2.24) is 10.2 Å². The molecule has 0 aliphatic carbocycles. The number of carbonyl (C=O) groups excluding carboxylic acids is 2. The Morgan fingerprint density at radius 3 is 2.70 bits per heavy atom. The van der Waals surface area contributed by atoms with Crippen LogP contribution in [-0.2, 0) is 14.3 Å². The summed E-state index contributed by atoms with van der Waals surface area (Å²) in [7, 11) is 1.34. The van der Waals surface area contributed by atoms with Crippen LogP contribution in [0.2, 0.25) is 0 Å². The van der Waals surface area contributed by atoms with E-state index in [4.69, 9.17) is 10.5 Å². The molecule has 20 heavy (non-hydrogen) atoms. The maximum atomic E-state index is 12.1. The largest absolute Gasteiger partial charge is 0.467 e. The van der Waals surface area contributed by atoms with Gasteiger partial charge in [-0.25, -0.2) is 4.79 Å². The average molecular weight is 285 g/mol. The standard InChI is InChI=1S/C14H27N3O3/c1-10(2)7-12(14(19)20-3)16-13(18)9-17-6-4-5-11(17)8-15/h10-12H,4-9,15H2,1-3H3,(H,16,18). The van der Waals surface area contributed by atoms with Crippen molar-refractivity contribution in [3.05, 3.63) is 0 Å². The van der Waals surface area contributed by atoms with E-state index in [0.29, 0.717) is 25.4 Å². The number of carbonyl (C=O) groups is 2. The van der Waals surface area contributed by atoms with E-state index in [-0.39, 0.29) is 17.9 Å². The van der Waals surface area contributed by atoms with E-state index in [1.165, 1.54) is 7.11 Å². The van der Waals surface area contributed by atoms with Gasteiger partial charge in [0, 0.05) is 12.6 Å². The highest BCUT2D eigenvalue weighted by molar-refractivity contribution is 5.85. The van der Waals surface area contributed by atoms with Gasteiger partial charge in [0.05, 0.1) is 13.7 Å². The molecule has 1 heterocycles. The topological polar surface area (TPSA) is 84.7 Å². The van der Waals surface area contributed by atoms with E-state index in [0.717, 1.165) is 19.4 Å². The minimum atomic E-state index is -0.563. The second-order valence-electron chi connectivity index (χ2n) is 5.78. The van der Waals surface area contributed by atoms with Gasteiger partial charge >= 0.3 is 5.97 Å². The van der Waals surface area contributed by atoms with Gasteiger partial charge in [-0.05, 0) is 31.7 Å². The van der Waals surface area contributed by atoms with Gasteiger partial charge in [0.1, 0.15) is 6.04 Å². The SMILES string of the molecule is COC(=O)C(CC(C)C)NC(=O)CN1CCCC1CN. The smallest absolute Gasteiger partial charge is 0.328 e. The predicted octanol–water partition coefficient (Wildman–Crippen LogP) is 0.113. The number of likely N-dealkylation sites (tertiary alicyclic amines) is 1. The van der Waals surface area contributed by atoms with Gasteiger partial charge in [0.2, 0.25) is 5.91 Å². The first-order valence-electron chi connectivity index (χ1n) is 7.29. The number of nitrogens with two attached hydrogens (primary N) is 1. The van der Waals surface area contributed by atoms with Gasteiger partial charge < -0.3 is 15.8 Å². The molecule has 0 aromatic heterocycles. The highest BCUT2D eigenvalue weighted by Gasteiger charge is 2.27. The Balaban J connectivity index is 2.50. The van der Waals surface area contributed by atoms with Crippen LogP contribution in [0.3, 0.4) is 0 Å². The molecule has 1 saturated heterocycles. The molecule has 0 radical (unpaired) electrons. The van der Waals surface area contributed by atoms with Crippen molar-refractivity contribution in [2.24, 2.45) is 11.7 Å². The molecule has 6 heteroatoms. The molecule has 0 aromatic carbocycles. The Morgan fingerprint density at radius 1 is 1.45 bits per heavy atom. The van der Waals surface area contributed by atoms with Gasteiger partial charge in [0.15, 0.2) is 0 Å². The van der Waals surface area contributed by atoms with Crippen molar-refractivity contribution < 1.29 is 14.3 Å². The van der Waals surface area contributed by atoms with Crippen LogP contribution in [0.5, 0.6) is 0 Å². The number of nitrogens with zero attached hydrogens (tertiary/aromatic N) is 1. The monoisotopic (exact) mass is 285 g/mol. The van der Waals surface area contributed by atoms with Crippen molar-refractivity contribution in [2.75, 3.05) is 26.7 Å². The van der Waals surface area contributed by atoms with Crippen molar-refractivity contribution >= 4 is 11.9 Å². The van der Waals surface area contributed by atoms with Crippen molar-refractivity contribution in [2.45, 2.75) is 45.2 Å². The van der Waals surface area contributed by atoms with E-state index >= 15 is 0 Å². The molecule has 1 amide bonds. The summed E-state index contributed by atoms with van der Waals surface area (Å²) in [6.45, 7) is 5.77. The molecule has 116 valence electrons. The number of amides is 1. The van der Waals surface area contributed by atoms with Crippen LogP contribution in [0.4, 0.5) is 0 Å². The Morgan fingerprint density at radius 2 is 2.15 bits per heavy atom. The zero-order chi connectivity index (χ0) is 15.1. The van der Waals surface area contributed by atoms with Gasteiger partial charge in [-0.15, -0.1) is 0 Å². The lowest BCUT2D eigenvalue weighted by molar-refractivity contribution is -0.145. The molecule has 1 aliphatic heterocycles. The molecule has 3 N–H and O–H groups in total. The van der Waals surface area contributed by atoms with Gasteiger partial charge in [0.25, 0.3) is 0 Å². The summed E-state index contributed by atoms with van der Waals surface area (Å²) in [5.74, 6) is -0.215. The summed E-state index contributed by atoms with van der Waals surface area (Å²) < 4.78 is 4.74. The molecule has 0 saturated carbocycles. The van der Waals surface area contributed by atoms with Crippen LogP contribution in [-0.4, -0.2) is 55.6 Å². The number of rotatable bonds is 7. The fourth-order valence-corrected chi connectivity index (χ4v) is 2.62. The molecule has 0 aromatic rings. The van der Waals surface area contributed by atoms with E-state index in [2.05, 4.69) is 10.2 Å². The second-order valence-corrected chi connectivity index (χ2v) is 5.78. The Hall–Kier alpha value is -1.14. The quantitative estimate of drug-likeness (QED) is 0.649. The third kappa shape index (κ3) is 5.09. The maximum Gasteiger partial charge on any atom is 0.328 e. The van der Waals surface area contributed by atoms with Crippen molar-refractivity contribution in [1.29, 1.82) is 0 Å². The second kappa shape index (κ2) is 8.21. The summed E-state index contributed by atoms with van der Waals surface area (Å²) in [4.78, 5) is 25.8. The lowest BCUT2D eigenvalue weighted by atomic mass is 10.0. The number of hydrogen-bond donors (Lipinski definition) is 2. The van der Waals surface area contributed by atoms with E-state index in [1.54, 1.807) is 0 Å². The fourth-order valence-electron chi connectivity index (χ4n) is 2.62. The van der Waals surface area contributed by atoms with Crippen LogP contribution in [0.1, 0.15) is 33.1 Å². The Kier molecular flexibility index (Phi) is 6.95. The molecule has 1 rings (SSSR count). The van der Waals surface area contributed by atoms with Gasteiger partial charge in [-0.3, -0.25) is 9.69 Å². The van der Waals surface area contributed by atoms with Gasteiger partial charge in [-0.1, -0.05) is 13.8 Å². The number of methoxy groups -OCH3 is 1.